The Kier molecular flexibility index (Phi) is 5.86. The summed E-state index contributed by atoms with van der Waals surface area (Å²) in [5, 5.41) is 5.45. The van der Waals surface area contributed by atoms with Crippen molar-refractivity contribution in [3.63, 3.8) is 0 Å². The van der Waals surface area contributed by atoms with E-state index in [0.29, 0.717) is 24.2 Å². The van der Waals surface area contributed by atoms with Crippen molar-refractivity contribution in [2.45, 2.75) is 26.2 Å². The molecule has 1 aliphatic rings. The molecule has 2 aromatic carbocycles. The number of hydrogen-bond acceptors (Lipinski definition) is 3. The Morgan fingerprint density at radius 1 is 1.11 bits per heavy atom. The maximum absolute atomic E-state index is 12.4. The van der Waals surface area contributed by atoms with Crippen molar-refractivity contribution in [3.8, 4) is 0 Å². The van der Waals surface area contributed by atoms with Crippen molar-refractivity contribution in [3.05, 3.63) is 59.7 Å². The number of nitrogens with zero attached hydrogens (tertiary/aromatic N) is 1. The molecule has 3 amide bonds. The second kappa shape index (κ2) is 8.49. The first kappa shape index (κ1) is 18.6. The van der Waals surface area contributed by atoms with Gasteiger partial charge in [0.2, 0.25) is 11.8 Å². The first-order chi connectivity index (χ1) is 13.1. The Balaban J connectivity index is 1.59. The van der Waals surface area contributed by atoms with Crippen LogP contribution in [0.3, 0.4) is 0 Å². The molecule has 0 saturated carbocycles. The highest BCUT2D eigenvalue weighted by Crippen LogP contribution is 2.22. The van der Waals surface area contributed by atoms with Crippen LogP contribution in [0.25, 0.3) is 0 Å². The second-order valence-corrected chi connectivity index (χ2v) is 6.44. The summed E-state index contributed by atoms with van der Waals surface area (Å²) in [5.41, 5.74) is 2.94. The predicted octanol–water partition coefficient (Wildman–Crippen LogP) is 2.74. The monoisotopic (exact) mass is 365 g/mol. The second-order valence-electron chi connectivity index (χ2n) is 6.44. The van der Waals surface area contributed by atoms with E-state index < -0.39 is 0 Å². The van der Waals surface area contributed by atoms with E-state index in [4.69, 9.17) is 0 Å². The normalized spacial score (nSPS) is 13.5. The van der Waals surface area contributed by atoms with Gasteiger partial charge in [0.05, 0.1) is 6.54 Å². The summed E-state index contributed by atoms with van der Waals surface area (Å²) in [6, 6.07) is 14.5. The third kappa shape index (κ3) is 4.53. The van der Waals surface area contributed by atoms with Crippen molar-refractivity contribution >= 4 is 29.1 Å². The number of carbonyl (C=O) groups excluding carboxylic acids is 3. The van der Waals surface area contributed by atoms with E-state index in [2.05, 4.69) is 10.6 Å². The van der Waals surface area contributed by atoms with Crippen molar-refractivity contribution in [1.82, 2.24) is 5.32 Å². The van der Waals surface area contributed by atoms with Crippen molar-refractivity contribution < 1.29 is 14.4 Å². The summed E-state index contributed by atoms with van der Waals surface area (Å²) < 4.78 is 0. The van der Waals surface area contributed by atoms with Gasteiger partial charge in [0, 0.05) is 29.9 Å². The minimum Gasteiger partial charge on any atom is -0.343 e. The number of carbonyl (C=O) groups is 3. The van der Waals surface area contributed by atoms with Crippen LogP contribution in [0.1, 0.15) is 35.7 Å². The lowest BCUT2D eigenvalue weighted by atomic mass is 10.1. The molecular weight excluding hydrogens is 342 g/mol. The van der Waals surface area contributed by atoms with Gasteiger partial charge >= 0.3 is 0 Å². The van der Waals surface area contributed by atoms with Gasteiger partial charge in [-0.3, -0.25) is 14.4 Å². The third-order valence-corrected chi connectivity index (χ3v) is 4.58. The summed E-state index contributed by atoms with van der Waals surface area (Å²) in [4.78, 5) is 38.1. The lowest BCUT2D eigenvalue weighted by molar-refractivity contribution is -0.117. The molecule has 1 fully saturated rings. The van der Waals surface area contributed by atoms with Crippen LogP contribution in [0, 0.1) is 0 Å². The summed E-state index contributed by atoms with van der Waals surface area (Å²) in [6.07, 6.45) is 2.18. The lowest BCUT2D eigenvalue weighted by Gasteiger charge is -2.16. The van der Waals surface area contributed by atoms with Gasteiger partial charge in [-0.05, 0) is 42.7 Å². The Hall–Kier alpha value is -3.15. The SMILES string of the molecule is CCc1ccccc1NC(=O)CNC(=O)c1cccc(N2CCCC2=O)c1. The van der Waals surface area contributed by atoms with Gasteiger partial charge in [-0.1, -0.05) is 31.2 Å². The molecule has 1 aliphatic heterocycles. The number of para-hydroxylation sites is 1. The van der Waals surface area contributed by atoms with Crippen molar-refractivity contribution in [2.24, 2.45) is 0 Å². The minimum absolute atomic E-state index is 0.0709. The number of anilines is 2. The first-order valence-corrected chi connectivity index (χ1v) is 9.15. The number of hydrogen-bond donors (Lipinski definition) is 2. The van der Waals surface area contributed by atoms with Crippen LogP contribution >= 0.6 is 0 Å². The minimum atomic E-state index is -0.345. The molecule has 1 saturated heterocycles. The van der Waals surface area contributed by atoms with Crippen LogP contribution in [0.2, 0.25) is 0 Å². The standard InChI is InChI=1S/C21H23N3O3/c1-2-15-7-3-4-10-18(15)23-19(25)14-22-21(27)16-8-5-9-17(13-16)24-12-6-11-20(24)26/h3-5,7-10,13H,2,6,11-12,14H2,1H3,(H,22,27)(H,23,25). The number of amides is 3. The van der Waals surface area contributed by atoms with Crippen molar-refractivity contribution in [1.29, 1.82) is 0 Å². The van der Waals surface area contributed by atoms with E-state index in [9.17, 15) is 14.4 Å². The fourth-order valence-corrected chi connectivity index (χ4v) is 3.14. The molecule has 0 aliphatic carbocycles. The smallest absolute Gasteiger partial charge is 0.251 e. The van der Waals surface area contributed by atoms with E-state index in [1.54, 1.807) is 23.1 Å². The Morgan fingerprint density at radius 2 is 1.93 bits per heavy atom. The molecule has 140 valence electrons. The van der Waals surface area contributed by atoms with Crippen LogP contribution in [0.15, 0.2) is 48.5 Å². The van der Waals surface area contributed by atoms with E-state index in [-0.39, 0.29) is 24.3 Å². The zero-order valence-electron chi connectivity index (χ0n) is 15.3. The molecule has 0 bridgehead atoms. The highest BCUT2D eigenvalue weighted by molar-refractivity contribution is 6.01. The molecule has 2 N–H and O–H groups in total. The predicted molar refractivity (Wildman–Crippen MR) is 105 cm³/mol. The molecule has 1 heterocycles. The van der Waals surface area contributed by atoms with E-state index in [1.807, 2.05) is 37.3 Å². The molecule has 0 aromatic heterocycles. The zero-order valence-corrected chi connectivity index (χ0v) is 15.3. The summed E-state index contributed by atoms with van der Waals surface area (Å²) in [7, 11) is 0. The maximum Gasteiger partial charge on any atom is 0.251 e. The highest BCUT2D eigenvalue weighted by Gasteiger charge is 2.22. The third-order valence-electron chi connectivity index (χ3n) is 4.58. The van der Waals surface area contributed by atoms with Crippen LogP contribution in [-0.2, 0) is 16.0 Å². The van der Waals surface area contributed by atoms with Gasteiger partial charge in [-0.2, -0.15) is 0 Å². The van der Waals surface area contributed by atoms with Gasteiger partial charge in [-0.15, -0.1) is 0 Å². The Morgan fingerprint density at radius 3 is 2.67 bits per heavy atom. The fourth-order valence-electron chi connectivity index (χ4n) is 3.14. The molecule has 2 aromatic rings. The fraction of sp³-hybridized carbons (Fsp3) is 0.286. The molecule has 6 nitrogen and oxygen atoms in total. The molecule has 0 spiro atoms. The Bertz CT molecular complexity index is 863. The molecule has 0 atom stereocenters. The quantitative estimate of drug-likeness (QED) is 0.826. The topological polar surface area (TPSA) is 78.5 Å². The van der Waals surface area contributed by atoms with Gasteiger partial charge in [0.15, 0.2) is 0 Å². The largest absolute Gasteiger partial charge is 0.343 e. The van der Waals surface area contributed by atoms with Gasteiger partial charge in [-0.25, -0.2) is 0 Å². The number of rotatable bonds is 6. The van der Waals surface area contributed by atoms with E-state index >= 15 is 0 Å². The summed E-state index contributed by atoms with van der Waals surface area (Å²) in [6.45, 7) is 2.57. The van der Waals surface area contributed by atoms with Crippen LogP contribution in [-0.4, -0.2) is 30.8 Å². The molecule has 6 heteroatoms. The zero-order chi connectivity index (χ0) is 19.2. The highest BCUT2D eigenvalue weighted by atomic mass is 16.2. The molecule has 3 rings (SSSR count). The van der Waals surface area contributed by atoms with Gasteiger partial charge in [0.1, 0.15) is 0 Å². The number of aryl methyl sites for hydroxylation is 1. The summed E-state index contributed by atoms with van der Waals surface area (Å²) >= 11 is 0. The molecular formula is C21H23N3O3. The van der Waals surface area contributed by atoms with Crippen LogP contribution < -0.4 is 15.5 Å². The lowest BCUT2D eigenvalue weighted by Crippen LogP contribution is -2.33. The van der Waals surface area contributed by atoms with E-state index in [1.165, 1.54) is 0 Å². The number of benzene rings is 2. The average Bonchev–Trinajstić information content (AvgIpc) is 3.12. The maximum atomic E-state index is 12.4. The van der Waals surface area contributed by atoms with Gasteiger partial charge in [0.25, 0.3) is 5.91 Å². The van der Waals surface area contributed by atoms with Crippen LogP contribution in [0.5, 0.6) is 0 Å². The van der Waals surface area contributed by atoms with Crippen LogP contribution in [0.4, 0.5) is 11.4 Å². The Labute approximate surface area is 158 Å². The summed E-state index contributed by atoms with van der Waals surface area (Å²) in [5.74, 6) is -0.556. The molecule has 27 heavy (non-hydrogen) atoms. The molecule has 0 unspecified atom stereocenters. The molecule has 0 radical (unpaired) electrons. The average molecular weight is 365 g/mol. The van der Waals surface area contributed by atoms with Gasteiger partial charge < -0.3 is 15.5 Å². The van der Waals surface area contributed by atoms with E-state index in [0.717, 1.165) is 24.1 Å². The van der Waals surface area contributed by atoms with Crippen molar-refractivity contribution in [2.75, 3.05) is 23.3 Å². The first-order valence-electron chi connectivity index (χ1n) is 9.15. The number of nitrogens with one attached hydrogen (secondary N) is 2.